The fraction of sp³-hybridized carbons (Fsp3) is 0.250. The lowest BCUT2D eigenvalue weighted by molar-refractivity contribution is -0.115. The predicted molar refractivity (Wildman–Crippen MR) is 106 cm³/mol. The van der Waals surface area contributed by atoms with Gasteiger partial charge in [0, 0.05) is 10.7 Å². The van der Waals surface area contributed by atoms with E-state index in [-0.39, 0.29) is 25.5 Å². The third-order valence-electron chi connectivity index (χ3n) is 4.46. The molecular formula is C20H21ClN4O3. The van der Waals surface area contributed by atoms with Gasteiger partial charge < -0.3 is 15.5 Å². The Hall–Kier alpha value is -2.74. The zero-order chi connectivity index (χ0) is 20.1. The van der Waals surface area contributed by atoms with Crippen molar-refractivity contribution in [3.05, 3.63) is 75.6 Å². The van der Waals surface area contributed by atoms with E-state index in [0.717, 1.165) is 11.3 Å². The molecule has 0 unspecified atom stereocenters. The maximum Gasteiger partial charge on any atom is 0.230 e. The molecule has 2 aromatic carbocycles. The summed E-state index contributed by atoms with van der Waals surface area (Å²) in [5.74, 6) is -0.237. The molecule has 0 aliphatic rings. The van der Waals surface area contributed by atoms with Gasteiger partial charge in [-0.15, -0.1) is 5.10 Å². The lowest BCUT2D eigenvalue weighted by Gasteiger charge is -2.09. The quantitative estimate of drug-likeness (QED) is 0.565. The number of nitrogens with zero attached hydrogens (tertiary/aromatic N) is 3. The number of rotatable bonds is 7. The second-order valence-corrected chi connectivity index (χ2v) is 6.87. The largest absolute Gasteiger partial charge is 0.392 e. The minimum atomic E-state index is -0.237. The van der Waals surface area contributed by atoms with Gasteiger partial charge in [-0.3, -0.25) is 4.79 Å². The Morgan fingerprint density at radius 2 is 1.93 bits per heavy atom. The van der Waals surface area contributed by atoms with E-state index >= 15 is 0 Å². The first-order valence-corrected chi connectivity index (χ1v) is 9.14. The molecule has 0 radical (unpaired) electrons. The van der Waals surface area contributed by atoms with Crippen LogP contribution in [0.25, 0.3) is 0 Å². The highest BCUT2D eigenvalue weighted by Gasteiger charge is 2.14. The standard InChI is InChI=1S/C20H21ClN4O3/c1-13-19(23-24-25(13)10-14-3-2-4-17(21)7-14)9-20(28)22-18-6-5-15(11-26)16(8-18)12-27/h2-8,26-27H,9-12H2,1H3,(H,22,28). The highest BCUT2D eigenvalue weighted by Crippen LogP contribution is 2.17. The molecule has 8 heteroatoms. The van der Waals surface area contributed by atoms with Crippen LogP contribution < -0.4 is 5.32 Å². The molecule has 0 aliphatic heterocycles. The first-order chi connectivity index (χ1) is 13.5. The number of benzene rings is 2. The molecule has 0 atom stereocenters. The summed E-state index contributed by atoms with van der Waals surface area (Å²) in [6, 6.07) is 12.5. The van der Waals surface area contributed by atoms with Crippen molar-refractivity contribution in [1.82, 2.24) is 15.0 Å². The Morgan fingerprint density at radius 1 is 1.14 bits per heavy atom. The van der Waals surface area contributed by atoms with E-state index in [4.69, 9.17) is 11.6 Å². The number of hydrogen-bond acceptors (Lipinski definition) is 5. The Morgan fingerprint density at radius 3 is 2.64 bits per heavy atom. The molecule has 0 saturated carbocycles. The van der Waals surface area contributed by atoms with Crippen molar-refractivity contribution in [3.63, 3.8) is 0 Å². The number of anilines is 1. The Balaban J connectivity index is 1.67. The molecule has 1 heterocycles. The van der Waals surface area contributed by atoms with Crippen LogP contribution in [-0.4, -0.2) is 31.1 Å². The normalized spacial score (nSPS) is 10.9. The van der Waals surface area contributed by atoms with Crippen molar-refractivity contribution in [1.29, 1.82) is 0 Å². The monoisotopic (exact) mass is 400 g/mol. The van der Waals surface area contributed by atoms with Crippen LogP contribution in [0.1, 0.15) is 28.1 Å². The summed E-state index contributed by atoms with van der Waals surface area (Å²) in [5.41, 5.74) is 4.15. The second kappa shape index (κ2) is 8.97. The number of hydrogen-bond donors (Lipinski definition) is 3. The van der Waals surface area contributed by atoms with Crippen molar-refractivity contribution in [3.8, 4) is 0 Å². The van der Waals surface area contributed by atoms with Crippen LogP contribution >= 0.6 is 11.6 Å². The zero-order valence-electron chi connectivity index (χ0n) is 15.4. The van der Waals surface area contributed by atoms with Crippen LogP contribution in [-0.2, 0) is 31.0 Å². The Labute approximate surface area is 167 Å². The van der Waals surface area contributed by atoms with Gasteiger partial charge in [-0.05, 0) is 47.9 Å². The molecule has 0 fully saturated rings. The van der Waals surface area contributed by atoms with Crippen molar-refractivity contribution >= 4 is 23.2 Å². The van der Waals surface area contributed by atoms with Crippen LogP contribution in [0.15, 0.2) is 42.5 Å². The van der Waals surface area contributed by atoms with Gasteiger partial charge in [-0.2, -0.15) is 0 Å². The summed E-state index contributed by atoms with van der Waals surface area (Å²) in [6.07, 6.45) is 0.0809. The molecule has 28 heavy (non-hydrogen) atoms. The second-order valence-electron chi connectivity index (χ2n) is 6.43. The highest BCUT2D eigenvalue weighted by atomic mass is 35.5. The molecular weight excluding hydrogens is 380 g/mol. The first kappa shape index (κ1) is 20.0. The van der Waals surface area contributed by atoms with E-state index in [1.165, 1.54) is 0 Å². The van der Waals surface area contributed by atoms with Crippen LogP contribution in [0.3, 0.4) is 0 Å². The van der Waals surface area contributed by atoms with Gasteiger partial charge in [0.05, 0.1) is 37.6 Å². The van der Waals surface area contributed by atoms with Gasteiger partial charge in [0.15, 0.2) is 0 Å². The summed E-state index contributed by atoms with van der Waals surface area (Å²) >= 11 is 6.01. The van der Waals surface area contributed by atoms with E-state index in [9.17, 15) is 15.0 Å². The Kier molecular flexibility index (Phi) is 6.41. The van der Waals surface area contributed by atoms with Gasteiger partial charge in [-0.25, -0.2) is 4.68 Å². The van der Waals surface area contributed by atoms with Gasteiger partial charge in [0.25, 0.3) is 0 Å². The maximum atomic E-state index is 12.4. The molecule has 146 valence electrons. The number of nitrogens with one attached hydrogen (secondary N) is 1. The van der Waals surface area contributed by atoms with Gasteiger partial charge in [0.2, 0.25) is 5.91 Å². The SMILES string of the molecule is Cc1c(CC(=O)Nc2ccc(CO)c(CO)c2)nnn1Cc1cccc(Cl)c1. The zero-order valence-corrected chi connectivity index (χ0v) is 16.1. The molecule has 1 aromatic heterocycles. The number of halogens is 1. The Bertz CT molecular complexity index is 987. The van der Waals surface area contributed by atoms with E-state index < -0.39 is 0 Å². The summed E-state index contributed by atoms with van der Waals surface area (Å²) in [6.45, 7) is 2.01. The lowest BCUT2D eigenvalue weighted by atomic mass is 10.1. The van der Waals surface area contributed by atoms with Crippen molar-refractivity contribution in [2.24, 2.45) is 0 Å². The van der Waals surface area contributed by atoms with Crippen LogP contribution in [0.5, 0.6) is 0 Å². The molecule has 3 N–H and O–H groups in total. The summed E-state index contributed by atoms with van der Waals surface area (Å²) in [5, 5.41) is 30.3. The van der Waals surface area contributed by atoms with Crippen molar-refractivity contribution in [2.45, 2.75) is 33.1 Å². The first-order valence-electron chi connectivity index (χ1n) is 8.77. The number of carbonyl (C=O) groups is 1. The summed E-state index contributed by atoms with van der Waals surface area (Å²) in [4.78, 5) is 12.4. The fourth-order valence-electron chi connectivity index (χ4n) is 2.88. The fourth-order valence-corrected chi connectivity index (χ4v) is 3.09. The summed E-state index contributed by atoms with van der Waals surface area (Å²) < 4.78 is 1.73. The molecule has 0 bridgehead atoms. The van der Waals surface area contributed by atoms with Gasteiger partial charge in [0.1, 0.15) is 0 Å². The molecule has 0 spiro atoms. The molecule has 7 nitrogen and oxygen atoms in total. The van der Waals surface area contributed by atoms with E-state index in [2.05, 4.69) is 15.6 Å². The molecule has 3 aromatic rings. The summed E-state index contributed by atoms with van der Waals surface area (Å²) in [7, 11) is 0. The lowest BCUT2D eigenvalue weighted by Crippen LogP contribution is -2.16. The number of aliphatic hydroxyl groups is 2. The van der Waals surface area contributed by atoms with Crippen LogP contribution in [0, 0.1) is 6.92 Å². The minimum Gasteiger partial charge on any atom is -0.392 e. The van der Waals surface area contributed by atoms with Crippen LogP contribution in [0.2, 0.25) is 5.02 Å². The van der Waals surface area contributed by atoms with E-state index in [1.807, 2.05) is 31.2 Å². The smallest absolute Gasteiger partial charge is 0.230 e. The van der Waals surface area contributed by atoms with Gasteiger partial charge >= 0.3 is 0 Å². The average molecular weight is 401 g/mol. The highest BCUT2D eigenvalue weighted by molar-refractivity contribution is 6.30. The molecule has 1 amide bonds. The maximum absolute atomic E-state index is 12.4. The van der Waals surface area contributed by atoms with Crippen LogP contribution in [0.4, 0.5) is 5.69 Å². The number of aliphatic hydroxyl groups excluding tert-OH is 2. The molecule has 0 aliphatic carbocycles. The van der Waals surface area contributed by atoms with Crippen molar-refractivity contribution < 1.29 is 15.0 Å². The number of amides is 1. The predicted octanol–water partition coefficient (Wildman–Crippen LogP) is 2.45. The van der Waals surface area contributed by atoms with E-state index in [0.29, 0.717) is 34.1 Å². The minimum absolute atomic E-state index is 0.0809. The number of aromatic nitrogens is 3. The van der Waals surface area contributed by atoms with E-state index in [1.54, 1.807) is 22.9 Å². The number of carbonyl (C=O) groups excluding carboxylic acids is 1. The third kappa shape index (κ3) is 4.75. The molecule has 3 rings (SSSR count). The molecule has 0 saturated heterocycles. The van der Waals surface area contributed by atoms with Crippen molar-refractivity contribution in [2.75, 3.05) is 5.32 Å². The third-order valence-corrected chi connectivity index (χ3v) is 4.69. The van der Waals surface area contributed by atoms with Gasteiger partial charge in [-0.1, -0.05) is 35.0 Å². The average Bonchev–Trinajstić information content (AvgIpc) is 3.01. The topological polar surface area (TPSA) is 100 Å².